The summed E-state index contributed by atoms with van der Waals surface area (Å²) in [5, 5.41) is 6.64. The fraction of sp³-hybridized carbons (Fsp3) is 0.0769. The van der Waals surface area contributed by atoms with Crippen molar-refractivity contribution >= 4 is 46.5 Å². The number of ether oxygens (including phenoxy) is 1. The summed E-state index contributed by atoms with van der Waals surface area (Å²) < 4.78 is 4.47. The molecule has 2 aromatic rings. The fourth-order valence-electron chi connectivity index (χ4n) is 1.49. The molecule has 0 saturated carbocycles. The number of halogens is 2. The highest BCUT2D eigenvalue weighted by atomic mass is 35.5. The molecule has 0 bridgehead atoms. The third-order valence-corrected chi connectivity index (χ3v) is 2.77. The fourth-order valence-corrected chi connectivity index (χ4v) is 2.02. The van der Waals surface area contributed by atoms with E-state index in [-0.39, 0.29) is 0 Å². The lowest BCUT2D eigenvalue weighted by atomic mass is 10.3. The van der Waals surface area contributed by atoms with Gasteiger partial charge in [-0.3, -0.25) is 5.32 Å². The Morgan fingerprint density at radius 3 is 2.40 bits per heavy atom. The van der Waals surface area contributed by atoms with Crippen molar-refractivity contribution in [2.75, 3.05) is 17.7 Å². The number of amides is 1. The standard InChI is InChI=1S/C13H11Cl2N3O2/c1-20-13(19)18-12-3-2-10(7-16-12)17-11-5-8(14)4-9(15)6-11/h2-7,17H,1H3,(H,16,18,19). The number of carbonyl (C=O) groups is 1. The molecule has 0 fully saturated rings. The Morgan fingerprint density at radius 2 is 1.85 bits per heavy atom. The van der Waals surface area contributed by atoms with E-state index in [1.54, 1.807) is 36.5 Å². The number of carbonyl (C=O) groups excluding carboxylic acids is 1. The quantitative estimate of drug-likeness (QED) is 0.886. The largest absolute Gasteiger partial charge is 0.453 e. The second kappa shape index (κ2) is 6.45. The third-order valence-electron chi connectivity index (χ3n) is 2.33. The molecule has 1 aromatic carbocycles. The zero-order valence-electron chi connectivity index (χ0n) is 10.5. The van der Waals surface area contributed by atoms with Crippen molar-refractivity contribution in [2.24, 2.45) is 0 Å². The van der Waals surface area contributed by atoms with E-state index in [9.17, 15) is 4.79 Å². The number of hydrogen-bond acceptors (Lipinski definition) is 4. The minimum atomic E-state index is -0.570. The van der Waals surface area contributed by atoms with Gasteiger partial charge in [0.25, 0.3) is 0 Å². The summed E-state index contributed by atoms with van der Waals surface area (Å²) >= 11 is 11.8. The molecule has 0 unspecified atom stereocenters. The molecule has 2 N–H and O–H groups in total. The van der Waals surface area contributed by atoms with Crippen molar-refractivity contribution < 1.29 is 9.53 Å². The Kier molecular flexibility index (Phi) is 4.65. The highest BCUT2D eigenvalue weighted by Crippen LogP contribution is 2.25. The normalized spacial score (nSPS) is 9.95. The lowest BCUT2D eigenvalue weighted by molar-refractivity contribution is 0.187. The Morgan fingerprint density at radius 1 is 1.15 bits per heavy atom. The van der Waals surface area contributed by atoms with Crippen molar-refractivity contribution in [3.05, 3.63) is 46.6 Å². The summed E-state index contributed by atoms with van der Waals surface area (Å²) in [5.41, 5.74) is 1.48. The zero-order chi connectivity index (χ0) is 14.5. The SMILES string of the molecule is COC(=O)Nc1ccc(Nc2cc(Cl)cc(Cl)c2)cn1. The molecule has 1 amide bonds. The predicted octanol–water partition coefficient (Wildman–Crippen LogP) is 4.31. The minimum Gasteiger partial charge on any atom is -0.453 e. The molecule has 0 atom stereocenters. The van der Waals surface area contributed by atoms with Crippen LogP contribution in [0.3, 0.4) is 0 Å². The van der Waals surface area contributed by atoms with Crippen molar-refractivity contribution in [2.45, 2.75) is 0 Å². The van der Waals surface area contributed by atoms with Crippen LogP contribution in [0.5, 0.6) is 0 Å². The first kappa shape index (κ1) is 14.4. The number of pyridine rings is 1. The lowest BCUT2D eigenvalue weighted by Crippen LogP contribution is -2.11. The zero-order valence-corrected chi connectivity index (χ0v) is 12.0. The van der Waals surface area contributed by atoms with E-state index < -0.39 is 6.09 Å². The highest BCUT2D eigenvalue weighted by Gasteiger charge is 2.03. The smallest absolute Gasteiger partial charge is 0.412 e. The van der Waals surface area contributed by atoms with Crippen LogP contribution in [0.15, 0.2) is 36.5 Å². The van der Waals surface area contributed by atoms with Gasteiger partial charge in [-0.2, -0.15) is 0 Å². The van der Waals surface area contributed by atoms with Crippen molar-refractivity contribution in [1.29, 1.82) is 0 Å². The molecule has 0 spiro atoms. The summed E-state index contributed by atoms with van der Waals surface area (Å²) in [4.78, 5) is 15.1. The number of methoxy groups -OCH3 is 1. The van der Waals surface area contributed by atoms with Gasteiger partial charge in [-0.1, -0.05) is 23.2 Å². The first-order valence-corrected chi connectivity index (χ1v) is 6.36. The van der Waals surface area contributed by atoms with Gasteiger partial charge in [-0.25, -0.2) is 9.78 Å². The minimum absolute atomic E-state index is 0.395. The van der Waals surface area contributed by atoms with Crippen LogP contribution in [0.4, 0.5) is 22.0 Å². The van der Waals surface area contributed by atoms with E-state index in [0.29, 0.717) is 15.9 Å². The van der Waals surface area contributed by atoms with Gasteiger partial charge in [-0.05, 0) is 30.3 Å². The first-order valence-electron chi connectivity index (χ1n) is 5.61. The molecule has 0 aliphatic heterocycles. The third kappa shape index (κ3) is 4.01. The summed E-state index contributed by atoms with van der Waals surface area (Å²) in [7, 11) is 1.29. The molecule has 104 valence electrons. The van der Waals surface area contributed by atoms with Crippen LogP contribution in [0.2, 0.25) is 10.0 Å². The van der Waals surface area contributed by atoms with Crippen LogP contribution in [0.25, 0.3) is 0 Å². The predicted molar refractivity (Wildman–Crippen MR) is 80.0 cm³/mol. The maximum atomic E-state index is 11.0. The van der Waals surface area contributed by atoms with Gasteiger partial charge >= 0.3 is 6.09 Å². The molecule has 1 heterocycles. The van der Waals surface area contributed by atoms with Crippen molar-refractivity contribution in [3.8, 4) is 0 Å². The Hall–Kier alpha value is -1.98. The van der Waals surface area contributed by atoms with Gasteiger partial charge in [0.05, 0.1) is 19.0 Å². The van der Waals surface area contributed by atoms with Gasteiger partial charge in [0.1, 0.15) is 5.82 Å². The second-order valence-electron chi connectivity index (χ2n) is 3.83. The van der Waals surface area contributed by atoms with E-state index in [1.807, 2.05) is 0 Å². The number of rotatable bonds is 3. The average molecular weight is 312 g/mol. The van der Waals surface area contributed by atoms with Gasteiger partial charge < -0.3 is 10.1 Å². The van der Waals surface area contributed by atoms with Crippen LogP contribution < -0.4 is 10.6 Å². The summed E-state index contributed by atoms with van der Waals surface area (Å²) in [6.07, 6.45) is 1.000. The number of anilines is 3. The van der Waals surface area contributed by atoms with E-state index in [2.05, 4.69) is 20.4 Å². The molecule has 0 radical (unpaired) electrons. The number of aromatic nitrogens is 1. The average Bonchev–Trinajstić information content (AvgIpc) is 2.39. The summed E-state index contributed by atoms with van der Waals surface area (Å²) in [6.45, 7) is 0. The molecule has 0 aliphatic rings. The maximum absolute atomic E-state index is 11.0. The number of benzene rings is 1. The molecule has 0 saturated heterocycles. The highest BCUT2D eigenvalue weighted by molar-refractivity contribution is 6.35. The van der Waals surface area contributed by atoms with Crippen LogP contribution in [0, 0.1) is 0 Å². The summed E-state index contributed by atoms with van der Waals surface area (Å²) in [5.74, 6) is 0.395. The second-order valence-corrected chi connectivity index (χ2v) is 4.70. The molecule has 2 rings (SSSR count). The number of nitrogens with zero attached hydrogens (tertiary/aromatic N) is 1. The van der Waals surface area contributed by atoms with Crippen LogP contribution in [-0.4, -0.2) is 18.2 Å². The van der Waals surface area contributed by atoms with Crippen LogP contribution in [-0.2, 0) is 4.74 Å². The van der Waals surface area contributed by atoms with Gasteiger partial charge in [0.2, 0.25) is 0 Å². The van der Waals surface area contributed by atoms with E-state index in [4.69, 9.17) is 23.2 Å². The molecular formula is C13H11Cl2N3O2. The maximum Gasteiger partial charge on any atom is 0.412 e. The van der Waals surface area contributed by atoms with Crippen molar-refractivity contribution in [1.82, 2.24) is 4.98 Å². The molecular weight excluding hydrogens is 301 g/mol. The van der Waals surface area contributed by atoms with Gasteiger partial charge in [-0.15, -0.1) is 0 Å². The molecule has 0 aliphatic carbocycles. The van der Waals surface area contributed by atoms with E-state index in [0.717, 1.165) is 11.4 Å². The monoisotopic (exact) mass is 311 g/mol. The lowest BCUT2D eigenvalue weighted by Gasteiger charge is -2.08. The Labute approximate surface area is 125 Å². The molecule has 5 nitrogen and oxygen atoms in total. The Bertz CT molecular complexity index is 597. The first-order chi connectivity index (χ1) is 9.56. The number of nitrogens with one attached hydrogen (secondary N) is 2. The topological polar surface area (TPSA) is 63.2 Å². The molecule has 1 aromatic heterocycles. The van der Waals surface area contributed by atoms with Crippen LogP contribution >= 0.6 is 23.2 Å². The van der Waals surface area contributed by atoms with Crippen LogP contribution in [0.1, 0.15) is 0 Å². The van der Waals surface area contributed by atoms with E-state index >= 15 is 0 Å². The Balaban J connectivity index is 2.08. The molecule has 7 heteroatoms. The summed E-state index contributed by atoms with van der Waals surface area (Å²) in [6, 6.07) is 8.54. The number of hydrogen-bond donors (Lipinski definition) is 2. The van der Waals surface area contributed by atoms with Gasteiger partial charge in [0.15, 0.2) is 0 Å². The molecule has 20 heavy (non-hydrogen) atoms. The van der Waals surface area contributed by atoms with Gasteiger partial charge in [0, 0.05) is 15.7 Å². The van der Waals surface area contributed by atoms with E-state index in [1.165, 1.54) is 7.11 Å². The van der Waals surface area contributed by atoms with Crippen molar-refractivity contribution in [3.63, 3.8) is 0 Å².